The molecule has 0 unspecified atom stereocenters. The first-order valence-electron chi connectivity index (χ1n) is 10.4. The maximum Gasteiger partial charge on any atom is 0.344 e. The van der Waals surface area contributed by atoms with Crippen LogP contribution in [0, 0.1) is 0 Å². The Labute approximate surface area is 215 Å². The fraction of sp³-hybridized carbons (Fsp3) is 0.348. The molecule has 1 heterocycles. The van der Waals surface area contributed by atoms with Crippen molar-refractivity contribution in [2.75, 3.05) is 38.4 Å². The van der Waals surface area contributed by atoms with Gasteiger partial charge in [0.05, 0.1) is 29.0 Å². The first kappa shape index (κ1) is 26.2. The maximum atomic E-state index is 12.1. The summed E-state index contributed by atoms with van der Waals surface area (Å²) in [7, 11) is 1.48. The van der Waals surface area contributed by atoms with Crippen molar-refractivity contribution in [3.05, 3.63) is 52.0 Å². The van der Waals surface area contributed by atoms with Gasteiger partial charge in [0.25, 0.3) is 5.91 Å². The third kappa shape index (κ3) is 7.85. The van der Waals surface area contributed by atoms with Crippen molar-refractivity contribution >= 4 is 57.5 Å². The van der Waals surface area contributed by atoms with E-state index in [0.717, 1.165) is 0 Å². The van der Waals surface area contributed by atoms with Crippen LogP contribution >= 0.6 is 39.5 Å². The summed E-state index contributed by atoms with van der Waals surface area (Å²) in [5, 5.41) is 3.96. The van der Waals surface area contributed by atoms with E-state index >= 15 is 0 Å². The SMILES string of the molecule is CCOC(=O)COc1c(Br)cc(/C=N\NC(=O)COc2ccc(C3SCCS3)cc2)cc1OC. The molecular weight excluding hydrogens is 544 g/mol. The van der Waals surface area contributed by atoms with Gasteiger partial charge in [-0.1, -0.05) is 12.1 Å². The summed E-state index contributed by atoms with van der Waals surface area (Å²) < 4.78 is 22.3. The lowest BCUT2D eigenvalue weighted by Gasteiger charge is -2.13. The van der Waals surface area contributed by atoms with E-state index in [1.165, 1.54) is 30.4 Å². The topological polar surface area (TPSA) is 95.5 Å². The molecule has 1 aliphatic heterocycles. The molecule has 8 nitrogen and oxygen atoms in total. The molecule has 2 aromatic carbocycles. The number of carbonyl (C=O) groups excluding carboxylic acids is 2. The Balaban J connectivity index is 1.49. The van der Waals surface area contributed by atoms with Crippen LogP contribution < -0.4 is 19.6 Å². The maximum absolute atomic E-state index is 12.1. The summed E-state index contributed by atoms with van der Waals surface area (Å²) >= 11 is 7.28. The summed E-state index contributed by atoms with van der Waals surface area (Å²) in [6, 6.07) is 11.2. The molecule has 3 rings (SSSR count). The Morgan fingerprint density at radius 2 is 1.88 bits per heavy atom. The summed E-state index contributed by atoms with van der Waals surface area (Å²) in [5.41, 5.74) is 4.34. The minimum absolute atomic E-state index is 0.155. The lowest BCUT2D eigenvalue weighted by atomic mass is 10.2. The molecule has 0 atom stereocenters. The summed E-state index contributed by atoms with van der Waals surface area (Å²) in [4.78, 5) is 23.6. The number of hydrogen-bond acceptors (Lipinski definition) is 9. The number of esters is 1. The van der Waals surface area contributed by atoms with E-state index in [4.69, 9.17) is 18.9 Å². The minimum Gasteiger partial charge on any atom is -0.493 e. The van der Waals surface area contributed by atoms with Crippen molar-refractivity contribution in [1.29, 1.82) is 0 Å². The summed E-state index contributed by atoms with van der Waals surface area (Å²) in [6.45, 7) is 1.60. The number of nitrogens with zero attached hydrogens (tertiary/aromatic N) is 1. The highest BCUT2D eigenvalue weighted by Crippen LogP contribution is 2.45. The molecule has 0 saturated carbocycles. The van der Waals surface area contributed by atoms with Crippen LogP contribution in [0.3, 0.4) is 0 Å². The molecule has 0 bridgehead atoms. The largest absolute Gasteiger partial charge is 0.493 e. The molecular formula is C23H25BrN2O6S2. The predicted octanol–water partition coefficient (Wildman–Crippen LogP) is 4.41. The quantitative estimate of drug-likeness (QED) is 0.242. The van der Waals surface area contributed by atoms with Crippen LogP contribution in [0.1, 0.15) is 22.6 Å². The van der Waals surface area contributed by atoms with Crippen molar-refractivity contribution in [1.82, 2.24) is 5.43 Å². The van der Waals surface area contributed by atoms with Gasteiger partial charge in [-0.15, -0.1) is 23.5 Å². The van der Waals surface area contributed by atoms with Gasteiger partial charge in [-0.05, 0) is 58.2 Å². The molecule has 1 fully saturated rings. The van der Waals surface area contributed by atoms with Crippen molar-refractivity contribution in [2.45, 2.75) is 11.5 Å². The van der Waals surface area contributed by atoms with Crippen molar-refractivity contribution < 1.29 is 28.5 Å². The number of ether oxygens (including phenoxy) is 4. The van der Waals surface area contributed by atoms with Gasteiger partial charge in [-0.3, -0.25) is 4.79 Å². The van der Waals surface area contributed by atoms with Crippen LogP contribution in [0.2, 0.25) is 0 Å². The van der Waals surface area contributed by atoms with E-state index in [1.807, 2.05) is 47.8 Å². The first-order valence-corrected chi connectivity index (χ1v) is 13.3. The minimum atomic E-state index is -0.477. The first-order chi connectivity index (χ1) is 16.5. The third-order valence-electron chi connectivity index (χ3n) is 4.44. The average Bonchev–Trinajstić information content (AvgIpc) is 3.37. The van der Waals surface area contributed by atoms with E-state index in [2.05, 4.69) is 26.5 Å². The number of hydrogen-bond donors (Lipinski definition) is 1. The zero-order valence-electron chi connectivity index (χ0n) is 18.7. The highest BCUT2D eigenvalue weighted by molar-refractivity contribution is 9.10. The Bertz CT molecular complexity index is 1010. The Morgan fingerprint density at radius 1 is 1.15 bits per heavy atom. The molecule has 34 heavy (non-hydrogen) atoms. The monoisotopic (exact) mass is 568 g/mol. The zero-order chi connectivity index (χ0) is 24.3. The van der Waals surface area contributed by atoms with Crippen LogP contribution in [0.25, 0.3) is 0 Å². The Kier molecular flexibility index (Phi) is 10.4. The van der Waals surface area contributed by atoms with Gasteiger partial charge >= 0.3 is 5.97 Å². The molecule has 0 radical (unpaired) electrons. The molecule has 0 aliphatic carbocycles. The average molecular weight is 569 g/mol. The van der Waals surface area contributed by atoms with E-state index in [0.29, 0.717) is 31.9 Å². The molecule has 1 saturated heterocycles. The van der Waals surface area contributed by atoms with E-state index < -0.39 is 5.97 Å². The lowest BCUT2D eigenvalue weighted by Crippen LogP contribution is -2.24. The number of nitrogens with one attached hydrogen (secondary N) is 1. The van der Waals surface area contributed by atoms with Crippen molar-refractivity contribution in [3.63, 3.8) is 0 Å². The molecule has 1 amide bonds. The fourth-order valence-electron chi connectivity index (χ4n) is 2.92. The van der Waals surface area contributed by atoms with E-state index in [1.54, 1.807) is 19.1 Å². The summed E-state index contributed by atoms with van der Waals surface area (Å²) in [6.07, 6.45) is 1.46. The lowest BCUT2D eigenvalue weighted by molar-refractivity contribution is -0.145. The Morgan fingerprint density at radius 3 is 2.56 bits per heavy atom. The fourth-order valence-corrected chi connectivity index (χ4v) is 6.35. The highest BCUT2D eigenvalue weighted by atomic mass is 79.9. The molecule has 2 aromatic rings. The molecule has 182 valence electrons. The second-order valence-corrected chi connectivity index (χ2v) is 10.4. The number of rotatable bonds is 11. The molecule has 1 N–H and O–H groups in total. The van der Waals surface area contributed by atoms with E-state index in [-0.39, 0.29) is 25.7 Å². The van der Waals surface area contributed by atoms with Crippen LogP contribution in [-0.4, -0.2) is 56.5 Å². The van der Waals surface area contributed by atoms with Crippen molar-refractivity contribution in [3.8, 4) is 17.2 Å². The van der Waals surface area contributed by atoms with Gasteiger partial charge in [0.15, 0.2) is 24.7 Å². The highest BCUT2D eigenvalue weighted by Gasteiger charge is 2.18. The number of amides is 1. The second kappa shape index (κ2) is 13.5. The van der Waals surface area contributed by atoms with Gasteiger partial charge < -0.3 is 18.9 Å². The van der Waals surface area contributed by atoms with Gasteiger partial charge in [0.1, 0.15) is 5.75 Å². The number of hydrazone groups is 1. The standard InChI is InChI=1S/C23H25BrN2O6S2/c1-3-30-21(28)14-32-22-18(24)10-15(11-19(22)29-2)12-25-26-20(27)13-31-17-6-4-16(5-7-17)23-33-8-9-34-23/h4-7,10-12,23H,3,8-9,13-14H2,1-2H3,(H,26,27)/b25-12-. The van der Waals surface area contributed by atoms with Gasteiger partial charge in [0, 0.05) is 11.5 Å². The Hall–Kier alpha value is -2.37. The van der Waals surface area contributed by atoms with Gasteiger partial charge in [0.2, 0.25) is 0 Å². The zero-order valence-corrected chi connectivity index (χ0v) is 22.0. The van der Waals surface area contributed by atoms with Crippen LogP contribution in [0.4, 0.5) is 0 Å². The van der Waals surface area contributed by atoms with Crippen LogP contribution in [0.5, 0.6) is 17.2 Å². The van der Waals surface area contributed by atoms with Crippen molar-refractivity contribution in [2.24, 2.45) is 5.10 Å². The number of methoxy groups -OCH3 is 1. The smallest absolute Gasteiger partial charge is 0.344 e. The molecule has 0 aromatic heterocycles. The normalized spacial score (nSPS) is 13.6. The molecule has 0 spiro atoms. The van der Waals surface area contributed by atoms with Crippen LogP contribution in [-0.2, 0) is 14.3 Å². The van der Waals surface area contributed by atoms with Gasteiger partial charge in [-0.25, -0.2) is 10.2 Å². The number of halogens is 1. The third-order valence-corrected chi connectivity index (χ3v) is 8.13. The predicted molar refractivity (Wildman–Crippen MR) is 138 cm³/mol. The number of benzene rings is 2. The molecule has 11 heteroatoms. The second-order valence-electron chi connectivity index (χ2n) is 6.85. The number of thioether (sulfide) groups is 2. The molecule has 1 aliphatic rings. The van der Waals surface area contributed by atoms with Gasteiger partial charge in [-0.2, -0.15) is 5.10 Å². The van der Waals surface area contributed by atoms with Crippen LogP contribution in [0.15, 0.2) is 46.0 Å². The summed E-state index contributed by atoms with van der Waals surface area (Å²) in [5.74, 6) is 2.87. The van der Waals surface area contributed by atoms with E-state index in [9.17, 15) is 9.59 Å². The number of carbonyl (C=O) groups is 2.